The molecule has 3 nitrogen and oxygen atoms in total. The van der Waals surface area contributed by atoms with Crippen LogP contribution in [0, 0.1) is 0 Å². The minimum atomic E-state index is -3.22. The molecule has 0 saturated heterocycles. The molecular weight excluding hydrogens is 343 g/mol. The highest BCUT2D eigenvalue weighted by Crippen LogP contribution is 2.63. The van der Waals surface area contributed by atoms with Gasteiger partial charge in [-0.25, -0.2) is 0 Å². The number of esters is 1. The van der Waals surface area contributed by atoms with E-state index in [1.165, 1.54) is 0 Å². The van der Waals surface area contributed by atoms with E-state index in [1.54, 1.807) is 0 Å². The Morgan fingerprint density at radius 3 is 1.69 bits per heavy atom. The molecule has 0 heterocycles. The smallest absolute Gasteiger partial charge is 0.320 e. The van der Waals surface area contributed by atoms with Gasteiger partial charge < -0.3 is 9.30 Å². The number of carbonyl (C=O) groups is 1. The van der Waals surface area contributed by atoms with E-state index < -0.39 is 17.9 Å². The van der Waals surface area contributed by atoms with Crippen molar-refractivity contribution in [2.45, 2.75) is 57.2 Å². The number of hydrogen-bond donors (Lipinski definition) is 0. The van der Waals surface area contributed by atoms with Crippen molar-refractivity contribution in [3.05, 3.63) is 60.7 Å². The van der Waals surface area contributed by atoms with Crippen molar-refractivity contribution in [2.24, 2.45) is 0 Å². The van der Waals surface area contributed by atoms with Gasteiger partial charge in [-0.3, -0.25) is 4.79 Å². The monoisotopic (exact) mass is 370 g/mol. The zero-order valence-corrected chi connectivity index (χ0v) is 16.7. The van der Waals surface area contributed by atoms with Gasteiger partial charge in [0.25, 0.3) is 0 Å². The van der Waals surface area contributed by atoms with Crippen molar-refractivity contribution in [1.82, 2.24) is 0 Å². The first-order valence-electron chi connectivity index (χ1n) is 9.24. The minimum absolute atomic E-state index is 0.321. The second-order valence-electron chi connectivity index (χ2n) is 8.02. The summed E-state index contributed by atoms with van der Waals surface area (Å²) >= 11 is 0. The molecule has 1 aliphatic rings. The molecule has 138 valence electrons. The summed E-state index contributed by atoms with van der Waals surface area (Å²) in [7, 11) is -3.22. The van der Waals surface area contributed by atoms with Gasteiger partial charge >= 0.3 is 5.97 Å². The fraction of sp³-hybridized carbons (Fsp3) is 0.409. The maximum Gasteiger partial charge on any atom is 0.320 e. The molecule has 2 aromatic rings. The third-order valence-corrected chi connectivity index (χ3v) is 8.94. The zero-order chi connectivity index (χ0) is 18.8. The Balaban J connectivity index is 2.22. The van der Waals surface area contributed by atoms with Crippen molar-refractivity contribution in [3.63, 3.8) is 0 Å². The van der Waals surface area contributed by atoms with Crippen molar-refractivity contribution in [1.29, 1.82) is 0 Å². The van der Waals surface area contributed by atoms with Gasteiger partial charge in [0.05, 0.1) is 0 Å². The second kappa shape index (κ2) is 7.04. The maximum absolute atomic E-state index is 14.8. The lowest BCUT2D eigenvalue weighted by Gasteiger charge is -2.38. The molecule has 0 N–H and O–H groups in total. The van der Waals surface area contributed by atoms with E-state index in [2.05, 4.69) is 0 Å². The Hall–Kier alpha value is -1.86. The fourth-order valence-corrected chi connectivity index (χ4v) is 7.62. The van der Waals surface area contributed by atoms with Crippen LogP contribution >= 0.6 is 7.14 Å². The maximum atomic E-state index is 14.8. The lowest BCUT2D eigenvalue weighted by molar-refractivity contribution is -0.158. The van der Waals surface area contributed by atoms with Crippen LogP contribution < -0.4 is 10.6 Å². The van der Waals surface area contributed by atoms with Gasteiger partial charge in [0, 0.05) is 10.6 Å². The molecule has 4 heteroatoms. The van der Waals surface area contributed by atoms with E-state index in [9.17, 15) is 9.36 Å². The predicted molar refractivity (Wildman–Crippen MR) is 107 cm³/mol. The minimum Gasteiger partial charge on any atom is -0.459 e. The summed E-state index contributed by atoms with van der Waals surface area (Å²) in [6, 6.07) is 18.9. The Morgan fingerprint density at radius 2 is 1.31 bits per heavy atom. The lowest BCUT2D eigenvalue weighted by atomic mass is 10.1. The topological polar surface area (TPSA) is 43.4 Å². The Morgan fingerprint density at radius 1 is 0.885 bits per heavy atom. The number of carbonyl (C=O) groups excluding carboxylic acids is 1. The highest BCUT2D eigenvalue weighted by molar-refractivity contribution is 7.80. The number of hydrogen-bond acceptors (Lipinski definition) is 3. The lowest BCUT2D eigenvalue weighted by Crippen LogP contribution is -2.46. The Labute approximate surface area is 156 Å². The molecule has 0 aromatic heterocycles. The van der Waals surface area contributed by atoms with Crippen LogP contribution in [0.4, 0.5) is 0 Å². The molecule has 0 amide bonds. The molecular formula is C22H27O3P. The summed E-state index contributed by atoms with van der Waals surface area (Å²) in [5, 5.41) is 0.487. The molecule has 0 unspecified atom stereocenters. The molecule has 1 fully saturated rings. The zero-order valence-electron chi connectivity index (χ0n) is 15.8. The van der Waals surface area contributed by atoms with Crippen LogP contribution in [-0.4, -0.2) is 16.7 Å². The Bertz CT molecular complexity index is 757. The van der Waals surface area contributed by atoms with Gasteiger partial charge in [0.1, 0.15) is 10.8 Å². The standard InChI is InChI=1S/C22H27O3P/c1-21(2,3)25-20(23)22(16-10-11-17-22)26(24,18-12-6-4-7-13-18)19-14-8-5-9-15-19/h4-9,12-15H,10-11,16-17H2,1-3H3. The van der Waals surface area contributed by atoms with E-state index in [0.29, 0.717) is 12.8 Å². The van der Waals surface area contributed by atoms with Crippen molar-refractivity contribution in [3.8, 4) is 0 Å². The quantitative estimate of drug-likeness (QED) is 0.581. The molecule has 2 aromatic carbocycles. The van der Waals surface area contributed by atoms with E-state index in [4.69, 9.17) is 4.74 Å². The van der Waals surface area contributed by atoms with Gasteiger partial charge in [-0.2, -0.15) is 0 Å². The first-order chi connectivity index (χ1) is 12.3. The van der Waals surface area contributed by atoms with Gasteiger partial charge in [0.2, 0.25) is 0 Å². The number of ether oxygens (including phenoxy) is 1. The van der Waals surface area contributed by atoms with E-state index in [1.807, 2.05) is 81.4 Å². The SMILES string of the molecule is CC(C)(C)OC(=O)C1(P(=O)(c2ccccc2)c2ccccc2)CCCC1. The molecule has 0 atom stereocenters. The van der Waals surface area contributed by atoms with Gasteiger partial charge in [-0.05, 0) is 33.6 Å². The average Bonchev–Trinajstić information content (AvgIpc) is 3.13. The molecule has 0 spiro atoms. The molecule has 1 saturated carbocycles. The van der Waals surface area contributed by atoms with Crippen LogP contribution in [0.15, 0.2) is 60.7 Å². The van der Waals surface area contributed by atoms with Crippen LogP contribution in [0.25, 0.3) is 0 Å². The van der Waals surface area contributed by atoms with Crippen LogP contribution in [0.2, 0.25) is 0 Å². The van der Waals surface area contributed by atoms with E-state index in [0.717, 1.165) is 23.5 Å². The summed E-state index contributed by atoms with van der Waals surface area (Å²) in [5.41, 5.74) is -0.606. The largest absolute Gasteiger partial charge is 0.459 e. The molecule has 0 aliphatic heterocycles. The van der Waals surface area contributed by atoms with E-state index >= 15 is 0 Å². The predicted octanol–water partition coefficient (Wildman–Crippen LogP) is 4.66. The second-order valence-corrected chi connectivity index (χ2v) is 11.1. The first-order valence-corrected chi connectivity index (χ1v) is 11.0. The summed E-state index contributed by atoms with van der Waals surface area (Å²) in [6.45, 7) is 5.59. The van der Waals surface area contributed by atoms with Crippen LogP contribution in [0.1, 0.15) is 46.5 Å². The summed E-state index contributed by atoms with van der Waals surface area (Å²) in [6.07, 6.45) is 2.98. The summed E-state index contributed by atoms with van der Waals surface area (Å²) in [5.74, 6) is -0.321. The Kier molecular flexibility index (Phi) is 5.12. The van der Waals surface area contributed by atoms with Gasteiger partial charge in [-0.15, -0.1) is 0 Å². The van der Waals surface area contributed by atoms with Crippen LogP contribution in [0.3, 0.4) is 0 Å². The van der Waals surface area contributed by atoms with Gasteiger partial charge in [-0.1, -0.05) is 73.5 Å². The molecule has 3 rings (SSSR count). The van der Waals surface area contributed by atoms with Gasteiger partial charge in [0.15, 0.2) is 7.14 Å². The average molecular weight is 370 g/mol. The van der Waals surface area contributed by atoms with Crippen molar-refractivity contribution >= 4 is 23.7 Å². The first kappa shape index (κ1) is 18.9. The third kappa shape index (κ3) is 3.25. The molecule has 0 radical (unpaired) electrons. The fourth-order valence-electron chi connectivity index (χ4n) is 3.90. The summed E-state index contributed by atoms with van der Waals surface area (Å²) in [4.78, 5) is 13.4. The molecule has 0 bridgehead atoms. The number of benzene rings is 2. The summed E-state index contributed by atoms with van der Waals surface area (Å²) < 4.78 is 20.6. The van der Waals surface area contributed by atoms with Crippen LogP contribution in [-0.2, 0) is 14.1 Å². The highest BCUT2D eigenvalue weighted by Gasteiger charge is 2.58. The third-order valence-electron chi connectivity index (χ3n) is 5.05. The van der Waals surface area contributed by atoms with E-state index in [-0.39, 0.29) is 5.97 Å². The molecule has 1 aliphatic carbocycles. The van der Waals surface area contributed by atoms with Crippen molar-refractivity contribution < 1.29 is 14.1 Å². The number of rotatable bonds is 4. The normalized spacial score (nSPS) is 17.0. The van der Waals surface area contributed by atoms with Crippen molar-refractivity contribution in [2.75, 3.05) is 0 Å². The highest BCUT2D eigenvalue weighted by atomic mass is 31.2. The van der Waals surface area contributed by atoms with Crippen LogP contribution in [0.5, 0.6) is 0 Å². The molecule has 26 heavy (non-hydrogen) atoms.